The van der Waals surface area contributed by atoms with Gasteiger partial charge < -0.3 is 5.32 Å². The summed E-state index contributed by atoms with van der Waals surface area (Å²) in [7, 11) is 0. The van der Waals surface area contributed by atoms with E-state index in [9.17, 15) is 0 Å². The van der Waals surface area contributed by atoms with Crippen LogP contribution < -0.4 is 5.32 Å². The molecule has 0 unspecified atom stereocenters. The molecule has 15 heavy (non-hydrogen) atoms. The number of thioether (sulfide) groups is 1. The number of aryl methyl sites for hydroxylation is 2. The van der Waals surface area contributed by atoms with Gasteiger partial charge in [0.25, 0.3) is 0 Å². The highest BCUT2D eigenvalue weighted by atomic mass is 32.2. The smallest absolute Gasteiger partial charge is 0.0352 e. The summed E-state index contributed by atoms with van der Waals surface area (Å²) in [6.45, 7) is 4.34. The molecule has 1 saturated heterocycles. The topological polar surface area (TPSA) is 12.0 Å². The van der Waals surface area contributed by atoms with Gasteiger partial charge in [0.1, 0.15) is 0 Å². The molecule has 0 spiro atoms. The lowest BCUT2D eigenvalue weighted by molar-refractivity contribution is 0.685. The molecule has 0 aromatic heterocycles. The number of anilines is 1. The molecule has 1 atom stereocenters. The lowest BCUT2D eigenvalue weighted by atomic mass is 10.1. The largest absolute Gasteiger partial charge is 0.381 e. The molecule has 0 aliphatic carbocycles. The van der Waals surface area contributed by atoms with Crippen LogP contribution in [0.25, 0.3) is 0 Å². The fourth-order valence-corrected chi connectivity index (χ4v) is 2.99. The Bertz CT molecular complexity index is 329. The third-order valence-corrected chi connectivity index (χ3v) is 4.25. The fourth-order valence-electron chi connectivity index (χ4n) is 1.92. The van der Waals surface area contributed by atoms with Gasteiger partial charge in [0.05, 0.1) is 0 Å². The van der Waals surface area contributed by atoms with Crippen molar-refractivity contribution >= 4 is 17.4 Å². The van der Waals surface area contributed by atoms with Crippen LogP contribution in [0, 0.1) is 13.8 Å². The fraction of sp³-hybridized carbons (Fsp3) is 0.538. The van der Waals surface area contributed by atoms with Crippen molar-refractivity contribution in [3.63, 3.8) is 0 Å². The van der Waals surface area contributed by atoms with Crippen molar-refractivity contribution in [2.75, 3.05) is 16.8 Å². The summed E-state index contributed by atoms with van der Waals surface area (Å²) in [4.78, 5) is 0. The Morgan fingerprint density at radius 3 is 2.80 bits per heavy atom. The van der Waals surface area contributed by atoms with Crippen molar-refractivity contribution < 1.29 is 0 Å². The second kappa shape index (κ2) is 4.93. The van der Waals surface area contributed by atoms with Crippen molar-refractivity contribution in [2.45, 2.75) is 32.7 Å². The summed E-state index contributed by atoms with van der Waals surface area (Å²) in [6, 6.07) is 7.33. The molecule has 2 rings (SSSR count). The van der Waals surface area contributed by atoms with Gasteiger partial charge in [-0.3, -0.25) is 0 Å². The molecule has 0 amide bonds. The summed E-state index contributed by atoms with van der Waals surface area (Å²) in [5.41, 5.74) is 4.03. The molecule has 0 saturated carbocycles. The van der Waals surface area contributed by atoms with Crippen molar-refractivity contribution in [1.29, 1.82) is 0 Å². The Labute approximate surface area is 96.7 Å². The van der Waals surface area contributed by atoms with Crippen LogP contribution in [-0.4, -0.2) is 17.5 Å². The van der Waals surface area contributed by atoms with E-state index in [0.29, 0.717) is 6.04 Å². The lowest BCUT2D eigenvalue weighted by Crippen LogP contribution is -2.25. The number of nitrogens with one attached hydrogen (secondary N) is 1. The Morgan fingerprint density at radius 2 is 2.13 bits per heavy atom. The Kier molecular flexibility index (Phi) is 3.57. The third kappa shape index (κ3) is 2.91. The first-order chi connectivity index (χ1) is 7.25. The molecule has 1 heterocycles. The molecule has 2 heteroatoms. The zero-order valence-electron chi connectivity index (χ0n) is 9.55. The molecule has 1 aliphatic rings. The minimum absolute atomic E-state index is 0.672. The van der Waals surface area contributed by atoms with Crippen LogP contribution in [0.4, 0.5) is 5.69 Å². The number of benzene rings is 1. The zero-order valence-corrected chi connectivity index (χ0v) is 10.4. The minimum atomic E-state index is 0.672. The molecule has 1 N–H and O–H groups in total. The van der Waals surface area contributed by atoms with Crippen LogP contribution >= 0.6 is 11.8 Å². The molecule has 1 aliphatic heterocycles. The van der Waals surface area contributed by atoms with Crippen LogP contribution in [0.2, 0.25) is 0 Å². The maximum absolute atomic E-state index is 3.63. The van der Waals surface area contributed by atoms with Crippen molar-refractivity contribution in [3.8, 4) is 0 Å². The molecule has 82 valence electrons. The number of rotatable bonds is 2. The van der Waals surface area contributed by atoms with Gasteiger partial charge in [-0.05, 0) is 55.7 Å². The second-order valence-corrected chi connectivity index (χ2v) is 5.51. The van der Waals surface area contributed by atoms with Crippen LogP contribution in [0.1, 0.15) is 24.0 Å². The quantitative estimate of drug-likeness (QED) is 0.818. The van der Waals surface area contributed by atoms with Crippen molar-refractivity contribution in [3.05, 3.63) is 29.3 Å². The minimum Gasteiger partial charge on any atom is -0.381 e. The first-order valence-corrected chi connectivity index (χ1v) is 6.83. The van der Waals surface area contributed by atoms with Crippen molar-refractivity contribution in [1.82, 2.24) is 0 Å². The normalized spacial score (nSPS) is 21.3. The van der Waals surface area contributed by atoms with Gasteiger partial charge in [-0.1, -0.05) is 6.07 Å². The van der Waals surface area contributed by atoms with E-state index in [0.717, 1.165) is 0 Å². The summed E-state index contributed by atoms with van der Waals surface area (Å²) < 4.78 is 0. The van der Waals surface area contributed by atoms with Crippen LogP contribution in [0.5, 0.6) is 0 Å². The van der Waals surface area contributed by atoms with Crippen molar-refractivity contribution in [2.24, 2.45) is 0 Å². The van der Waals surface area contributed by atoms with Crippen LogP contribution in [0.15, 0.2) is 18.2 Å². The Balaban J connectivity index is 2.00. The first kappa shape index (κ1) is 10.9. The van der Waals surface area contributed by atoms with E-state index in [-0.39, 0.29) is 0 Å². The van der Waals surface area contributed by atoms with E-state index >= 15 is 0 Å². The van der Waals surface area contributed by atoms with Crippen LogP contribution in [0.3, 0.4) is 0 Å². The monoisotopic (exact) mass is 221 g/mol. The standard InChI is InChI=1S/C13H19NS/c1-10-5-6-12(8-11(10)2)14-13-4-3-7-15-9-13/h5-6,8,13-14H,3-4,7,9H2,1-2H3/t13-/m1/s1. The molecular weight excluding hydrogens is 202 g/mol. The maximum atomic E-state index is 3.63. The highest BCUT2D eigenvalue weighted by Crippen LogP contribution is 2.22. The average molecular weight is 221 g/mol. The highest BCUT2D eigenvalue weighted by Gasteiger charge is 2.13. The van der Waals surface area contributed by atoms with E-state index in [1.54, 1.807) is 0 Å². The summed E-state index contributed by atoms with van der Waals surface area (Å²) in [5, 5.41) is 3.63. The molecule has 1 aromatic rings. The SMILES string of the molecule is Cc1ccc(N[C@@H]2CCCSC2)cc1C. The van der Waals surface area contributed by atoms with E-state index < -0.39 is 0 Å². The van der Waals surface area contributed by atoms with E-state index in [1.807, 2.05) is 0 Å². The predicted octanol–water partition coefficient (Wildman–Crippen LogP) is 3.61. The van der Waals surface area contributed by atoms with Gasteiger partial charge in [-0.2, -0.15) is 11.8 Å². The molecule has 1 nitrogen and oxygen atoms in total. The first-order valence-electron chi connectivity index (χ1n) is 5.67. The molecule has 0 radical (unpaired) electrons. The number of hydrogen-bond donors (Lipinski definition) is 1. The van der Waals surface area contributed by atoms with E-state index in [1.165, 1.54) is 41.2 Å². The highest BCUT2D eigenvalue weighted by molar-refractivity contribution is 7.99. The summed E-state index contributed by atoms with van der Waals surface area (Å²) in [5.74, 6) is 2.60. The third-order valence-electron chi connectivity index (χ3n) is 3.04. The maximum Gasteiger partial charge on any atom is 0.0352 e. The Morgan fingerprint density at radius 1 is 1.27 bits per heavy atom. The molecule has 1 fully saturated rings. The van der Waals surface area contributed by atoms with E-state index in [2.05, 4.69) is 49.1 Å². The van der Waals surface area contributed by atoms with Crippen LogP contribution in [-0.2, 0) is 0 Å². The van der Waals surface area contributed by atoms with Gasteiger partial charge >= 0.3 is 0 Å². The number of hydrogen-bond acceptors (Lipinski definition) is 2. The molecule has 0 bridgehead atoms. The van der Waals surface area contributed by atoms with Gasteiger partial charge in [0, 0.05) is 17.5 Å². The average Bonchev–Trinajstić information content (AvgIpc) is 2.25. The zero-order chi connectivity index (χ0) is 10.7. The molecule has 1 aromatic carbocycles. The summed E-state index contributed by atoms with van der Waals surface area (Å²) in [6.07, 6.45) is 2.67. The van der Waals surface area contributed by atoms with Gasteiger partial charge in [0.2, 0.25) is 0 Å². The lowest BCUT2D eigenvalue weighted by Gasteiger charge is -2.23. The second-order valence-electron chi connectivity index (χ2n) is 4.36. The predicted molar refractivity (Wildman–Crippen MR) is 69.9 cm³/mol. The van der Waals surface area contributed by atoms with E-state index in [4.69, 9.17) is 0 Å². The van der Waals surface area contributed by atoms with Gasteiger partial charge in [0.15, 0.2) is 0 Å². The Hall–Kier alpha value is -0.630. The van der Waals surface area contributed by atoms with Gasteiger partial charge in [-0.15, -0.1) is 0 Å². The molecular formula is C13H19NS. The van der Waals surface area contributed by atoms with Gasteiger partial charge in [-0.25, -0.2) is 0 Å². The summed E-state index contributed by atoms with van der Waals surface area (Å²) >= 11 is 2.07.